The molecular formula is C22H44N2. The Balaban J connectivity index is 1.73. The summed E-state index contributed by atoms with van der Waals surface area (Å²) < 4.78 is 0. The molecule has 2 nitrogen and oxygen atoms in total. The zero-order chi connectivity index (χ0) is 17.0. The van der Waals surface area contributed by atoms with Crippen molar-refractivity contribution in [3.05, 3.63) is 0 Å². The Morgan fingerprint density at radius 3 is 2.08 bits per heavy atom. The summed E-state index contributed by atoms with van der Waals surface area (Å²) >= 11 is 0. The first-order chi connectivity index (χ1) is 11.8. The van der Waals surface area contributed by atoms with Gasteiger partial charge >= 0.3 is 0 Å². The highest BCUT2D eigenvalue weighted by Gasteiger charge is 2.34. The zero-order valence-corrected chi connectivity index (χ0v) is 16.7. The van der Waals surface area contributed by atoms with Gasteiger partial charge in [-0.25, -0.2) is 0 Å². The third-order valence-corrected chi connectivity index (χ3v) is 6.49. The minimum atomic E-state index is 0.844. The van der Waals surface area contributed by atoms with E-state index in [2.05, 4.69) is 24.1 Å². The first-order valence-electron chi connectivity index (χ1n) is 11.3. The SMILES string of the molecule is CCCCCCCC(CCCCCCC)N1CCC2NCCC2C1. The van der Waals surface area contributed by atoms with Gasteiger partial charge in [0.05, 0.1) is 0 Å². The molecule has 0 aromatic rings. The Labute approximate surface area is 152 Å². The Morgan fingerprint density at radius 2 is 1.46 bits per heavy atom. The molecule has 0 radical (unpaired) electrons. The molecule has 2 atom stereocenters. The highest BCUT2D eigenvalue weighted by molar-refractivity contribution is 4.92. The molecule has 2 unspecified atom stereocenters. The molecule has 0 bridgehead atoms. The number of nitrogens with zero attached hydrogens (tertiary/aromatic N) is 1. The van der Waals surface area contributed by atoms with Crippen molar-refractivity contribution in [2.45, 2.75) is 116 Å². The Bertz CT molecular complexity index is 290. The fraction of sp³-hybridized carbons (Fsp3) is 1.00. The predicted octanol–water partition coefficient (Wildman–Crippen LogP) is 5.76. The Hall–Kier alpha value is -0.0800. The number of unbranched alkanes of at least 4 members (excludes halogenated alkanes) is 8. The molecule has 2 saturated heterocycles. The van der Waals surface area contributed by atoms with Gasteiger partial charge in [0.2, 0.25) is 0 Å². The van der Waals surface area contributed by atoms with Gasteiger partial charge in [-0.05, 0) is 44.7 Å². The van der Waals surface area contributed by atoms with Gasteiger partial charge in [0.1, 0.15) is 0 Å². The number of piperidine rings is 1. The van der Waals surface area contributed by atoms with Crippen LogP contribution in [0.2, 0.25) is 0 Å². The van der Waals surface area contributed by atoms with Crippen LogP contribution in [0, 0.1) is 5.92 Å². The van der Waals surface area contributed by atoms with E-state index < -0.39 is 0 Å². The number of hydrogen-bond acceptors (Lipinski definition) is 2. The Kier molecular flexibility index (Phi) is 10.4. The summed E-state index contributed by atoms with van der Waals surface area (Å²) in [5.74, 6) is 0.946. The molecule has 2 heterocycles. The van der Waals surface area contributed by atoms with E-state index in [1.54, 1.807) is 0 Å². The van der Waals surface area contributed by atoms with Gasteiger partial charge in [0, 0.05) is 18.6 Å². The second-order valence-corrected chi connectivity index (χ2v) is 8.45. The van der Waals surface area contributed by atoms with E-state index in [1.165, 1.54) is 110 Å². The van der Waals surface area contributed by atoms with Crippen molar-refractivity contribution in [1.29, 1.82) is 0 Å². The summed E-state index contributed by atoms with van der Waals surface area (Å²) in [5.41, 5.74) is 0. The molecule has 24 heavy (non-hydrogen) atoms. The maximum atomic E-state index is 3.72. The lowest BCUT2D eigenvalue weighted by molar-refractivity contribution is 0.100. The van der Waals surface area contributed by atoms with Crippen LogP contribution >= 0.6 is 0 Å². The van der Waals surface area contributed by atoms with Crippen molar-refractivity contribution < 1.29 is 0 Å². The molecule has 0 aliphatic carbocycles. The van der Waals surface area contributed by atoms with Crippen molar-refractivity contribution in [2.24, 2.45) is 5.92 Å². The largest absolute Gasteiger partial charge is 0.314 e. The highest BCUT2D eigenvalue weighted by atomic mass is 15.2. The number of likely N-dealkylation sites (tertiary alicyclic amines) is 1. The van der Waals surface area contributed by atoms with Gasteiger partial charge in [-0.15, -0.1) is 0 Å². The molecule has 0 saturated carbocycles. The minimum absolute atomic E-state index is 0.844. The van der Waals surface area contributed by atoms with E-state index in [9.17, 15) is 0 Å². The number of rotatable bonds is 13. The van der Waals surface area contributed by atoms with E-state index in [-0.39, 0.29) is 0 Å². The summed E-state index contributed by atoms with van der Waals surface area (Å²) in [7, 11) is 0. The van der Waals surface area contributed by atoms with E-state index in [1.807, 2.05) is 0 Å². The third-order valence-electron chi connectivity index (χ3n) is 6.49. The summed E-state index contributed by atoms with van der Waals surface area (Å²) in [4.78, 5) is 2.90. The topological polar surface area (TPSA) is 15.3 Å². The van der Waals surface area contributed by atoms with Crippen molar-refractivity contribution in [3.8, 4) is 0 Å². The van der Waals surface area contributed by atoms with Gasteiger partial charge in [0.15, 0.2) is 0 Å². The number of nitrogens with one attached hydrogen (secondary N) is 1. The first-order valence-corrected chi connectivity index (χ1v) is 11.3. The van der Waals surface area contributed by atoms with Gasteiger partial charge in [0.25, 0.3) is 0 Å². The van der Waals surface area contributed by atoms with Crippen LogP contribution in [0.15, 0.2) is 0 Å². The van der Waals surface area contributed by atoms with Crippen LogP contribution in [-0.4, -0.2) is 36.6 Å². The number of hydrogen-bond donors (Lipinski definition) is 1. The molecule has 0 aromatic carbocycles. The van der Waals surface area contributed by atoms with Crippen LogP contribution < -0.4 is 5.32 Å². The van der Waals surface area contributed by atoms with E-state index in [0.717, 1.165) is 18.0 Å². The van der Waals surface area contributed by atoms with E-state index >= 15 is 0 Å². The standard InChI is InChI=1S/C22H44N2/c1-3-5-7-9-11-13-21(14-12-10-8-6-4-2)24-18-16-22-20(19-24)15-17-23-22/h20-23H,3-19H2,1-2H3. The molecule has 2 fully saturated rings. The molecule has 2 rings (SSSR count). The fourth-order valence-corrected chi connectivity index (χ4v) is 4.88. The maximum absolute atomic E-state index is 3.72. The predicted molar refractivity (Wildman–Crippen MR) is 107 cm³/mol. The zero-order valence-electron chi connectivity index (χ0n) is 16.7. The third kappa shape index (κ3) is 7.04. The quantitative estimate of drug-likeness (QED) is 0.430. The molecule has 0 amide bonds. The normalized spacial score (nSPS) is 24.6. The number of fused-ring (bicyclic) bond motifs is 1. The van der Waals surface area contributed by atoms with Gasteiger partial charge in [-0.1, -0.05) is 78.1 Å². The van der Waals surface area contributed by atoms with E-state index in [0.29, 0.717) is 0 Å². The van der Waals surface area contributed by atoms with Crippen LogP contribution in [0.4, 0.5) is 0 Å². The van der Waals surface area contributed by atoms with E-state index in [4.69, 9.17) is 0 Å². The average molecular weight is 337 g/mol. The fourth-order valence-electron chi connectivity index (χ4n) is 4.88. The molecule has 142 valence electrons. The lowest BCUT2D eigenvalue weighted by atomic mass is 9.90. The van der Waals surface area contributed by atoms with Crippen molar-refractivity contribution >= 4 is 0 Å². The first kappa shape index (κ1) is 20.2. The van der Waals surface area contributed by atoms with Crippen LogP contribution in [0.1, 0.15) is 104 Å². The van der Waals surface area contributed by atoms with Gasteiger partial charge < -0.3 is 5.32 Å². The van der Waals surface area contributed by atoms with Gasteiger partial charge in [-0.3, -0.25) is 4.90 Å². The van der Waals surface area contributed by atoms with Crippen LogP contribution in [-0.2, 0) is 0 Å². The second-order valence-electron chi connectivity index (χ2n) is 8.45. The van der Waals surface area contributed by atoms with Crippen LogP contribution in [0.5, 0.6) is 0 Å². The molecule has 0 spiro atoms. The summed E-state index contributed by atoms with van der Waals surface area (Å²) in [6, 6.07) is 1.73. The lowest BCUT2D eigenvalue weighted by Crippen LogP contribution is -2.48. The van der Waals surface area contributed by atoms with Crippen LogP contribution in [0.3, 0.4) is 0 Å². The molecular weight excluding hydrogens is 292 g/mol. The molecule has 0 aromatic heterocycles. The second kappa shape index (κ2) is 12.3. The summed E-state index contributed by atoms with van der Waals surface area (Å²) in [6.07, 6.45) is 20.1. The highest BCUT2D eigenvalue weighted by Crippen LogP contribution is 2.28. The van der Waals surface area contributed by atoms with Crippen LogP contribution in [0.25, 0.3) is 0 Å². The average Bonchev–Trinajstić information content (AvgIpc) is 3.07. The smallest absolute Gasteiger partial charge is 0.0120 e. The molecule has 1 N–H and O–H groups in total. The monoisotopic (exact) mass is 336 g/mol. The molecule has 2 aliphatic rings. The summed E-state index contributed by atoms with van der Waals surface area (Å²) in [6.45, 7) is 8.63. The lowest BCUT2D eigenvalue weighted by Gasteiger charge is -2.40. The summed E-state index contributed by atoms with van der Waals surface area (Å²) in [5, 5.41) is 3.72. The molecule has 2 aliphatic heterocycles. The van der Waals surface area contributed by atoms with Crippen molar-refractivity contribution in [3.63, 3.8) is 0 Å². The van der Waals surface area contributed by atoms with Gasteiger partial charge in [-0.2, -0.15) is 0 Å². The molecule has 2 heteroatoms. The maximum Gasteiger partial charge on any atom is 0.0120 e. The minimum Gasteiger partial charge on any atom is -0.314 e. The van der Waals surface area contributed by atoms with Crippen molar-refractivity contribution in [2.75, 3.05) is 19.6 Å². The van der Waals surface area contributed by atoms with Crippen molar-refractivity contribution in [1.82, 2.24) is 10.2 Å². The Morgan fingerprint density at radius 1 is 0.833 bits per heavy atom.